The van der Waals surface area contributed by atoms with E-state index in [2.05, 4.69) is 12.2 Å². The van der Waals surface area contributed by atoms with Gasteiger partial charge in [-0.3, -0.25) is 4.79 Å². The molecular weight excluding hydrogens is 346 g/mol. The first-order valence-electron chi connectivity index (χ1n) is 8.20. The smallest absolute Gasteiger partial charge is 0.350 e. The molecule has 1 aromatic heterocycles. The van der Waals surface area contributed by atoms with Crippen LogP contribution in [0.5, 0.6) is 0 Å². The zero-order valence-electron chi connectivity index (χ0n) is 13.5. The molecule has 4 nitrogen and oxygen atoms in total. The van der Waals surface area contributed by atoms with Crippen molar-refractivity contribution in [2.45, 2.75) is 38.6 Å². The van der Waals surface area contributed by atoms with E-state index < -0.39 is 5.97 Å². The maximum Gasteiger partial charge on any atom is 0.350 e. The summed E-state index contributed by atoms with van der Waals surface area (Å²) in [6.07, 6.45) is 4.46. The molecule has 0 spiro atoms. The summed E-state index contributed by atoms with van der Waals surface area (Å²) in [7, 11) is 0. The van der Waals surface area contributed by atoms with Crippen LogP contribution in [0.2, 0.25) is 5.02 Å². The van der Waals surface area contributed by atoms with Gasteiger partial charge in [0.1, 0.15) is 4.88 Å². The molecule has 0 saturated heterocycles. The molecule has 1 heterocycles. The Balaban J connectivity index is 1.58. The van der Waals surface area contributed by atoms with Gasteiger partial charge in [-0.15, -0.1) is 11.3 Å². The van der Waals surface area contributed by atoms with E-state index in [0.717, 1.165) is 29.3 Å². The molecule has 1 aliphatic rings. The topological polar surface area (TPSA) is 55.4 Å². The lowest BCUT2D eigenvalue weighted by Gasteiger charge is -2.29. The zero-order valence-corrected chi connectivity index (χ0v) is 15.1. The van der Waals surface area contributed by atoms with Gasteiger partial charge >= 0.3 is 5.97 Å². The van der Waals surface area contributed by atoms with Crippen molar-refractivity contribution in [2.24, 2.45) is 5.92 Å². The van der Waals surface area contributed by atoms with Gasteiger partial charge in [-0.2, -0.15) is 0 Å². The van der Waals surface area contributed by atoms with Crippen molar-refractivity contribution < 1.29 is 14.3 Å². The molecule has 1 fully saturated rings. The minimum absolute atomic E-state index is 0.179. The number of hydrogen-bond donors (Lipinski definition) is 1. The number of fused-ring (bicyclic) bond motifs is 1. The van der Waals surface area contributed by atoms with Crippen molar-refractivity contribution in [2.75, 3.05) is 6.61 Å². The monoisotopic (exact) mass is 365 g/mol. The third-order valence-corrected chi connectivity index (χ3v) is 6.17. The number of thiophene rings is 1. The van der Waals surface area contributed by atoms with Gasteiger partial charge in [0, 0.05) is 16.1 Å². The Morgan fingerprint density at radius 3 is 2.79 bits per heavy atom. The van der Waals surface area contributed by atoms with Crippen molar-refractivity contribution in [3.63, 3.8) is 0 Å². The van der Waals surface area contributed by atoms with E-state index in [1.54, 1.807) is 0 Å². The number of hydrogen-bond acceptors (Lipinski definition) is 4. The minimum Gasteiger partial charge on any atom is -0.451 e. The van der Waals surface area contributed by atoms with Crippen LogP contribution in [-0.4, -0.2) is 24.5 Å². The second kappa shape index (κ2) is 7.53. The van der Waals surface area contributed by atoms with Crippen molar-refractivity contribution in [1.82, 2.24) is 5.32 Å². The molecule has 2 atom stereocenters. The van der Waals surface area contributed by atoms with Crippen LogP contribution >= 0.6 is 22.9 Å². The number of ether oxygens (including phenoxy) is 1. The van der Waals surface area contributed by atoms with Crippen molar-refractivity contribution >= 4 is 44.9 Å². The molecule has 1 aliphatic carbocycles. The number of carbonyl (C=O) groups excluding carboxylic acids is 2. The summed E-state index contributed by atoms with van der Waals surface area (Å²) >= 11 is 7.53. The van der Waals surface area contributed by atoms with Gasteiger partial charge in [-0.1, -0.05) is 49.6 Å². The number of nitrogens with one attached hydrogen (secondary N) is 1. The number of carbonyl (C=O) groups is 2. The van der Waals surface area contributed by atoms with Crippen molar-refractivity contribution in [3.8, 4) is 0 Å². The highest BCUT2D eigenvalue weighted by Crippen LogP contribution is 2.35. The fourth-order valence-electron chi connectivity index (χ4n) is 3.12. The number of amides is 1. The average molecular weight is 366 g/mol. The van der Waals surface area contributed by atoms with Gasteiger partial charge in [-0.05, 0) is 24.8 Å². The van der Waals surface area contributed by atoms with Crippen molar-refractivity contribution in [1.29, 1.82) is 0 Å². The van der Waals surface area contributed by atoms with E-state index in [4.69, 9.17) is 16.3 Å². The molecule has 0 unspecified atom stereocenters. The molecule has 2 aromatic rings. The summed E-state index contributed by atoms with van der Waals surface area (Å²) < 4.78 is 6.08. The van der Waals surface area contributed by atoms with E-state index in [0.29, 0.717) is 15.8 Å². The molecule has 6 heteroatoms. The summed E-state index contributed by atoms with van der Waals surface area (Å²) in [4.78, 5) is 24.6. The summed E-state index contributed by atoms with van der Waals surface area (Å²) in [5, 5.41) is 4.19. The van der Waals surface area contributed by atoms with Crippen LogP contribution in [-0.2, 0) is 9.53 Å². The van der Waals surface area contributed by atoms with Gasteiger partial charge < -0.3 is 10.1 Å². The number of benzene rings is 1. The lowest BCUT2D eigenvalue weighted by atomic mass is 9.86. The largest absolute Gasteiger partial charge is 0.451 e. The molecule has 1 N–H and O–H groups in total. The van der Waals surface area contributed by atoms with E-state index in [9.17, 15) is 9.59 Å². The normalized spacial score (nSPS) is 20.8. The Morgan fingerprint density at radius 1 is 1.29 bits per heavy atom. The summed E-state index contributed by atoms with van der Waals surface area (Å²) in [5.41, 5.74) is 0. The maximum atomic E-state index is 12.2. The SMILES string of the molecule is C[C@@H]1CCCC[C@H]1NC(=O)COC(=O)c1sc2ccccc2c1Cl. The lowest BCUT2D eigenvalue weighted by Crippen LogP contribution is -2.42. The van der Waals surface area contributed by atoms with Crippen LogP contribution in [0.4, 0.5) is 0 Å². The first-order valence-corrected chi connectivity index (χ1v) is 9.39. The quantitative estimate of drug-likeness (QED) is 0.816. The Labute approximate surface area is 150 Å². The van der Waals surface area contributed by atoms with Crippen LogP contribution in [0.15, 0.2) is 24.3 Å². The van der Waals surface area contributed by atoms with E-state index in [1.165, 1.54) is 17.8 Å². The van der Waals surface area contributed by atoms with Gasteiger partial charge in [0.15, 0.2) is 6.61 Å². The number of halogens is 1. The maximum absolute atomic E-state index is 12.2. The molecule has 1 amide bonds. The van der Waals surface area contributed by atoms with Crippen LogP contribution in [0, 0.1) is 5.92 Å². The van der Waals surface area contributed by atoms with Crippen LogP contribution in [0.3, 0.4) is 0 Å². The molecule has 128 valence electrons. The number of esters is 1. The summed E-state index contributed by atoms with van der Waals surface area (Å²) in [5.74, 6) is -0.331. The lowest BCUT2D eigenvalue weighted by molar-refractivity contribution is -0.125. The molecule has 0 radical (unpaired) electrons. The first-order chi connectivity index (χ1) is 11.6. The molecule has 0 bridgehead atoms. The second-order valence-electron chi connectivity index (χ2n) is 6.25. The van der Waals surface area contributed by atoms with Crippen LogP contribution in [0.25, 0.3) is 10.1 Å². The van der Waals surface area contributed by atoms with Gasteiger partial charge in [0.25, 0.3) is 5.91 Å². The molecule has 1 saturated carbocycles. The second-order valence-corrected chi connectivity index (χ2v) is 7.68. The molecule has 3 rings (SSSR count). The third kappa shape index (κ3) is 3.73. The Hall–Kier alpha value is -1.59. The van der Waals surface area contributed by atoms with Gasteiger partial charge in [0.05, 0.1) is 5.02 Å². The van der Waals surface area contributed by atoms with E-state index in [1.807, 2.05) is 24.3 Å². The van der Waals surface area contributed by atoms with E-state index in [-0.39, 0.29) is 18.6 Å². The highest BCUT2D eigenvalue weighted by molar-refractivity contribution is 7.21. The van der Waals surface area contributed by atoms with Gasteiger partial charge in [-0.25, -0.2) is 4.79 Å². The minimum atomic E-state index is -0.548. The highest BCUT2D eigenvalue weighted by atomic mass is 35.5. The van der Waals surface area contributed by atoms with E-state index >= 15 is 0 Å². The molecule has 0 aliphatic heterocycles. The van der Waals surface area contributed by atoms with Crippen LogP contribution in [0.1, 0.15) is 42.3 Å². The Kier molecular flexibility index (Phi) is 5.41. The molecule has 24 heavy (non-hydrogen) atoms. The Bertz CT molecular complexity index is 758. The fourth-order valence-corrected chi connectivity index (χ4v) is 4.52. The zero-order chi connectivity index (χ0) is 17.1. The first kappa shape index (κ1) is 17.2. The average Bonchev–Trinajstić information content (AvgIpc) is 2.92. The predicted molar refractivity (Wildman–Crippen MR) is 96.7 cm³/mol. The van der Waals surface area contributed by atoms with Gasteiger partial charge in [0.2, 0.25) is 0 Å². The highest BCUT2D eigenvalue weighted by Gasteiger charge is 2.24. The van der Waals surface area contributed by atoms with Crippen molar-refractivity contribution in [3.05, 3.63) is 34.2 Å². The molecular formula is C18H20ClNO3S. The summed E-state index contributed by atoms with van der Waals surface area (Å²) in [6, 6.07) is 7.71. The fraction of sp³-hybridized carbons (Fsp3) is 0.444. The summed E-state index contributed by atoms with van der Waals surface area (Å²) in [6.45, 7) is 1.87. The Morgan fingerprint density at radius 2 is 2.04 bits per heavy atom. The predicted octanol–water partition coefficient (Wildman–Crippen LogP) is 4.41. The van der Waals surface area contributed by atoms with Crippen LogP contribution < -0.4 is 5.32 Å². The molecule has 1 aromatic carbocycles. The standard InChI is InChI=1S/C18H20ClNO3S/c1-11-6-2-4-8-13(11)20-15(21)10-23-18(22)17-16(19)12-7-3-5-9-14(12)24-17/h3,5,7,9,11,13H,2,4,6,8,10H2,1H3,(H,20,21)/t11-,13-/m1/s1. The third-order valence-electron chi connectivity index (χ3n) is 4.51. The number of rotatable bonds is 4.